The van der Waals surface area contributed by atoms with E-state index >= 15 is 0 Å². The van der Waals surface area contributed by atoms with Crippen molar-refractivity contribution in [1.82, 2.24) is 5.32 Å². The molecular weight excluding hydrogens is 170 g/mol. The molecule has 1 aliphatic heterocycles. The highest BCUT2D eigenvalue weighted by molar-refractivity contribution is 5.79. The van der Waals surface area contributed by atoms with Crippen LogP contribution in [0.2, 0.25) is 0 Å². The van der Waals surface area contributed by atoms with Gasteiger partial charge in [-0.1, -0.05) is 13.8 Å². The minimum atomic E-state index is -0.688. The first-order valence-corrected chi connectivity index (χ1v) is 4.71. The zero-order chi connectivity index (χ0) is 9.68. The first-order valence-electron chi connectivity index (χ1n) is 4.71. The van der Waals surface area contributed by atoms with Gasteiger partial charge < -0.3 is 14.8 Å². The molecule has 4 heteroatoms. The first kappa shape index (κ1) is 10.5. The predicted molar refractivity (Wildman–Crippen MR) is 48.2 cm³/mol. The van der Waals surface area contributed by atoms with Gasteiger partial charge in [-0.3, -0.25) is 4.79 Å². The SMILES string of the molecule is CC(C)CNC(=O)C1OCCCO1. The van der Waals surface area contributed by atoms with Crippen molar-refractivity contribution in [3.05, 3.63) is 0 Å². The zero-order valence-electron chi connectivity index (χ0n) is 8.21. The van der Waals surface area contributed by atoms with Gasteiger partial charge in [-0.05, 0) is 12.3 Å². The Morgan fingerprint density at radius 1 is 1.46 bits per heavy atom. The summed E-state index contributed by atoms with van der Waals surface area (Å²) < 4.78 is 10.3. The Morgan fingerprint density at radius 3 is 2.62 bits per heavy atom. The molecule has 0 radical (unpaired) electrons. The van der Waals surface area contributed by atoms with Crippen molar-refractivity contribution in [2.24, 2.45) is 5.92 Å². The highest BCUT2D eigenvalue weighted by Crippen LogP contribution is 2.04. The van der Waals surface area contributed by atoms with Crippen LogP contribution in [0.25, 0.3) is 0 Å². The summed E-state index contributed by atoms with van der Waals surface area (Å²) in [6, 6.07) is 0. The predicted octanol–water partition coefficient (Wildman–Crippen LogP) is 0.522. The third-order valence-electron chi connectivity index (χ3n) is 1.73. The van der Waals surface area contributed by atoms with E-state index < -0.39 is 6.29 Å². The topological polar surface area (TPSA) is 47.6 Å². The summed E-state index contributed by atoms with van der Waals surface area (Å²) in [6.07, 6.45) is 0.182. The molecule has 1 heterocycles. The number of rotatable bonds is 3. The van der Waals surface area contributed by atoms with Crippen LogP contribution < -0.4 is 5.32 Å². The lowest BCUT2D eigenvalue weighted by Gasteiger charge is -2.22. The number of carbonyl (C=O) groups is 1. The van der Waals surface area contributed by atoms with E-state index in [2.05, 4.69) is 5.32 Å². The number of ether oxygens (including phenoxy) is 2. The molecule has 1 saturated heterocycles. The van der Waals surface area contributed by atoms with Crippen molar-refractivity contribution >= 4 is 5.91 Å². The molecule has 76 valence electrons. The maximum absolute atomic E-state index is 11.3. The first-order chi connectivity index (χ1) is 6.20. The molecule has 1 amide bonds. The summed E-state index contributed by atoms with van der Waals surface area (Å²) in [5, 5.41) is 2.76. The minimum absolute atomic E-state index is 0.159. The van der Waals surface area contributed by atoms with Gasteiger partial charge in [-0.25, -0.2) is 0 Å². The summed E-state index contributed by atoms with van der Waals surface area (Å²) in [4.78, 5) is 11.3. The number of carbonyl (C=O) groups excluding carboxylic acids is 1. The van der Waals surface area contributed by atoms with Crippen molar-refractivity contribution in [2.75, 3.05) is 19.8 Å². The summed E-state index contributed by atoms with van der Waals surface area (Å²) in [7, 11) is 0. The molecule has 0 aromatic carbocycles. The van der Waals surface area contributed by atoms with Gasteiger partial charge in [0.15, 0.2) is 0 Å². The highest BCUT2D eigenvalue weighted by atomic mass is 16.7. The normalized spacial score (nSPS) is 19.0. The number of hydrogen-bond donors (Lipinski definition) is 1. The van der Waals surface area contributed by atoms with E-state index in [4.69, 9.17) is 9.47 Å². The minimum Gasteiger partial charge on any atom is -0.351 e. The second-order valence-electron chi connectivity index (χ2n) is 3.57. The fourth-order valence-electron chi connectivity index (χ4n) is 1.03. The maximum atomic E-state index is 11.3. The van der Waals surface area contributed by atoms with Crippen molar-refractivity contribution in [3.8, 4) is 0 Å². The van der Waals surface area contributed by atoms with Gasteiger partial charge in [0.25, 0.3) is 5.91 Å². The van der Waals surface area contributed by atoms with Crippen LogP contribution in [-0.2, 0) is 14.3 Å². The number of amides is 1. The van der Waals surface area contributed by atoms with E-state index in [1.807, 2.05) is 13.8 Å². The van der Waals surface area contributed by atoms with E-state index in [9.17, 15) is 4.79 Å². The van der Waals surface area contributed by atoms with E-state index in [1.54, 1.807) is 0 Å². The molecule has 1 aliphatic rings. The Morgan fingerprint density at radius 2 is 2.08 bits per heavy atom. The molecule has 0 aliphatic carbocycles. The Kier molecular flexibility index (Phi) is 4.18. The third kappa shape index (κ3) is 3.74. The lowest BCUT2D eigenvalue weighted by atomic mass is 10.2. The molecule has 4 nitrogen and oxygen atoms in total. The van der Waals surface area contributed by atoms with Gasteiger partial charge in [0, 0.05) is 6.54 Å². The largest absolute Gasteiger partial charge is 0.351 e. The summed E-state index contributed by atoms with van der Waals surface area (Å²) in [6.45, 7) is 5.98. The average molecular weight is 187 g/mol. The van der Waals surface area contributed by atoms with Gasteiger partial charge in [0.2, 0.25) is 6.29 Å². The van der Waals surface area contributed by atoms with E-state index in [0.29, 0.717) is 25.7 Å². The molecule has 1 rings (SSSR count). The van der Waals surface area contributed by atoms with Crippen LogP contribution in [0.1, 0.15) is 20.3 Å². The van der Waals surface area contributed by atoms with Crippen LogP contribution in [0.15, 0.2) is 0 Å². The molecule has 0 spiro atoms. The summed E-state index contributed by atoms with van der Waals surface area (Å²) in [5.41, 5.74) is 0. The monoisotopic (exact) mass is 187 g/mol. The summed E-state index contributed by atoms with van der Waals surface area (Å²) in [5.74, 6) is 0.293. The van der Waals surface area contributed by atoms with Crippen LogP contribution in [0.5, 0.6) is 0 Å². The van der Waals surface area contributed by atoms with Crippen molar-refractivity contribution in [3.63, 3.8) is 0 Å². The van der Waals surface area contributed by atoms with E-state index in [0.717, 1.165) is 6.42 Å². The molecular formula is C9H17NO3. The Bertz CT molecular complexity index is 164. The Labute approximate surface area is 78.6 Å². The molecule has 0 aromatic heterocycles. The van der Waals surface area contributed by atoms with Gasteiger partial charge in [-0.2, -0.15) is 0 Å². The lowest BCUT2D eigenvalue weighted by Crippen LogP contribution is -2.42. The average Bonchev–Trinajstić information content (AvgIpc) is 2.15. The smallest absolute Gasteiger partial charge is 0.277 e. The zero-order valence-corrected chi connectivity index (χ0v) is 8.21. The Balaban J connectivity index is 2.21. The Hall–Kier alpha value is -0.610. The summed E-state index contributed by atoms with van der Waals surface area (Å²) >= 11 is 0. The fraction of sp³-hybridized carbons (Fsp3) is 0.889. The van der Waals surface area contributed by atoms with Crippen molar-refractivity contribution < 1.29 is 14.3 Å². The number of nitrogens with one attached hydrogen (secondary N) is 1. The second-order valence-corrected chi connectivity index (χ2v) is 3.57. The van der Waals surface area contributed by atoms with E-state index in [1.165, 1.54) is 0 Å². The van der Waals surface area contributed by atoms with Crippen LogP contribution in [0.3, 0.4) is 0 Å². The fourth-order valence-corrected chi connectivity index (χ4v) is 1.03. The molecule has 13 heavy (non-hydrogen) atoms. The lowest BCUT2D eigenvalue weighted by molar-refractivity contribution is -0.190. The van der Waals surface area contributed by atoms with Gasteiger partial charge in [0.1, 0.15) is 0 Å². The van der Waals surface area contributed by atoms with Crippen LogP contribution in [-0.4, -0.2) is 32.0 Å². The quantitative estimate of drug-likeness (QED) is 0.700. The van der Waals surface area contributed by atoms with Gasteiger partial charge in [0.05, 0.1) is 13.2 Å². The molecule has 1 N–H and O–H groups in total. The molecule has 0 aromatic rings. The molecule has 0 unspecified atom stereocenters. The van der Waals surface area contributed by atoms with E-state index in [-0.39, 0.29) is 5.91 Å². The van der Waals surface area contributed by atoms with Crippen LogP contribution in [0.4, 0.5) is 0 Å². The van der Waals surface area contributed by atoms with Gasteiger partial charge >= 0.3 is 0 Å². The van der Waals surface area contributed by atoms with Crippen LogP contribution >= 0.6 is 0 Å². The molecule has 1 fully saturated rings. The highest BCUT2D eigenvalue weighted by Gasteiger charge is 2.22. The molecule has 0 saturated carbocycles. The van der Waals surface area contributed by atoms with Crippen molar-refractivity contribution in [1.29, 1.82) is 0 Å². The second kappa shape index (κ2) is 5.19. The van der Waals surface area contributed by atoms with Crippen LogP contribution in [0, 0.1) is 5.92 Å². The van der Waals surface area contributed by atoms with Gasteiger partial charge in [-0.15, -0.1) is 0 Å². The third-order valence-corrected chi connectivity index (χ3v) is 1.73. The molecule has 0 atom stereocenters. The maximum Gasteiger partial charge on any atom is 0.277 e. The molecule has 0 bridgehead atoms. The number of hydrogen-bond acceptors (Lipinski definition) is 3. The van der Waals surface area contributed by atoms with Crippen molar-refractivity contribution in [2.45, 2.75) is 26.6 Å². The standard InChI is InChI=1S/C9H17NO3/c1-7(2)6-10-8(11)9-12-4-3-5-13-9/h7,9H,3-6H2,1-2H3,(H,10,11).